The second-order valence-corrected chi connectivity index (χ2v) is 9.36. The third-order valence-corrected chi connectivity index (χ3v) is 7.94. The largest absolute Gasteiger partial charge is 0.461 e. The summed E-state index contributed by atoms with van der Waals surface area (Å²) in [6.07, 6.45) is 13.1. The maximum absolute atomic E-state index is 12.6. The molecule has 0 unspecified atom stereocenters. The Hall–Kier alpha value is -1.13. The summed E-state index contributed by atoms with van der Waals surface area (Å²) < 4.78 is 5.73. The van der Waals surface area contributed by atoms with Gasteiger partial charge in [-0.15, -0.1) is 0 Å². The van der Waals surface area contributed by atoms with Crippen molar-refractivity contribution in [1.82, 2.24) is 5.32 Å². The Morgan fingerprint density at radius 1 is 1.30 bits per heavy atom. The van der Waals surface area contributed by atoms with Crippen LogP contribution in [0.1, 0.15) is 65.2 Å². The number of fused-ring (bicyclic) bond motifs is 2. The van der Waals surface area contributed by atoms with Crippen LogP contribution in [0.5, 0.6) is 0 Å². The van der Waals surface area contributed by atoms with E-state index in [1.54, 1.807) is 5.57 Å². The molecule has 4 nitrogen and oxygen atoms in total. The molecule has 0 bridgehead atoms. The normalized spacial score (nSPS) is 41.3. The van der Waals surface area contributed by atoms with Gasteiger partial charge in [0.25, 0.3) is 0 Å². The maximum Gasteiger partial charge on any atom is 0.311 e. The summed E-state index contributed by atoms with van der Waals surface area (Å²) in [4.78, 5) is 12.6. The zero-order valence-corrected chi connectivity index (χ0v) is 16.9. The molecule has 0 spiro atoms. The molecule has 4 heteroatoms. The Balaban J connectivity index is 1.40. The molecule has 4 aliphatic rings. The summed E-state index contributed by atoms with van der Waals surface area (Å²) >= 11 is 0. The highest BCUT2D eigenvalue weighted by atomic mass is 16.6. The van der Waals surface area contributed by atoms with E-state index in [1.807, 2.05) is 0 Å². The fraction of sp³-hybridized carbons (Fsp3) is 0.783. The Labute approximate surface area is 163 Å². The lowest BCUT2D eigenvalue weighted by Gasteiger charge is -2.51. The molecular weight excluding hydrogens is 338 g/mol. The number of carbonyl (C=O) groups excluding carboxylic acids is 1. The van der Waals surface area contributed by atoms with Gasteiger partial charge in [0.15, 0.2) is 0 Å². The highest BCUT2D eigenvalue weighted by molar-refractivity contribution is 5.76. The fourth-order valence-electron chi connectivity index (χ4n) is 5.94. The topological polar surface area (TPSA) is 58.6 Å². The molecule has 27 heavy (non-hydrogen) atoms. The van der Waals surface area contributed by atoms with E-state index >= 15 is 0 Å². The first-order chi connectivity index (χ1) is 13.0. The van der Waals surface area contributed by atoms with Crippen LogP contribution in [-0.2, 0) is 9.53 Å². The van der Waals surface area contributed by atoms with E-state index in [9.17, 15) is 9.90 Å². The van der Waals surface area contributed by atoms with Crippen molar-refractivity contribution in [3.63, 3.8) is 0 Å². The first kappa shape index (κ1) is 19.2. The number of rotatable bonds is 5. The molecule has 0 amide bonds. The third kappa shape index (κ3) is 3.40. The van der Waals surface area contributed by atoms with E-state index in [0.29, 0.717) is 12.5 Å². The van der Waals surface area contributed by atoms with Crippen molar-refractivity contribution in [3.05, 3.63) is 23.3 Å². The minimum Gasteiger partial charge on any atom is -0.461 e. The number of ether oxygens (including phenoxy) is 1. The highest BCUT2D eigenvalue weighted by Crippen LogP contribution is 2.55. The van der Waals surface area contributed by atoms with E-state index in [0.717, 1.165) is 32.2 Å². The second kappa shape index (κ2) is 7.71. The van der Waals surface area contributed by atoms with Crippen molar-refractivity contribution < 1.29 is 14.6 Å². The predicted octanol–water partition coefficient (Wildman–Crippen LogP) is 3.75. The number of aliphatic hydroxyl groups excluding tert-OH is 1. The van der Waals surface area contributed by atoms with Gasteiger partial charge in [0, 0.05) is 24.3 Å². The summed E-state index contributed by atoms with van der Waals surface area (Å²) in [6.45, 7) is 5.97. The van der Waals surface area contributed by atoms with Crippen molar-refractivity contribution in [1.29, 1.82) is 0 Å². The molecular formula is C23H35NO3. The Bertz CT molecular complexity index is 640. The SMILES string of the molecule is C[C@@H]1CCC=C2C[C@H]3OC(=O)[C@@H](CNCCC4=CCCCC4)[C@H]3[C@@H](O)[C@@]21C. The van der Waals surface area contributed by atoms with E-state index < -0.39 is 6.10 Å². The lowest BCUT2D eigenvalue weighted by molar-refractivity contribution is -0.144. The minimum absolute atomic E-state index is 0.0819. The van der Waals surface area contributed by atoms with Crippen LogP contribution in [0, 0.1) is 23.2 Å². The van der Waals surface area contributed by atoms with Gasteiger partial charge in [-0.05, 0) is 57.4 Å². The van der Waals surface area contributed by atoms with Crippen LogP contribution in [0.2, 0.25) is 0 Å². The zero-order chi connectivity index (χ0) is 19.0. The number of nitrogens with one attached hydrogen (secondary N) is 1. The van der Waals surface area contributed by atoms with Crippen LogP contribution in [0.4, 0.5) is 0 Å². The smallest absolute Gasteiger partial charge is 0.311 e. The number of hydrogen-bond acceptors (Lipinski definition) is 4. The Kier molecular flexibility index (Phi) is 5.48. The van der Waals surface area contributed by atoms with Gasteiger partial charge < -0.3 is 15.2 Å². The molecule has 150 valence electrons. The first-order valence-corrected chi connectivity index (χ1v) is 11.0. The molecule has 0 aromatic carbocycles. The number of allylic oxidation sites excluding steroid dienone is 2. The number of carbonyl (C=O) groups is 1. The summed E-state index contributed by atoms with van der Waals surface area (Å²) in [7, 11) is 0. The number of aliphatic hydroxyl groups is 1. The van der Waals surface area contributed by atoms with Crippen molar-refractivity contribution in [2.75, 3.05) is 13.1 Å². The van der Waals surface area contributed by atoms with Crippen LogP contribution in [0.15, 0.2) is 23.3 Å². The zero-order valence-electron chi connectivity index (χ0n) is 16.9. The monoisotopic (exact) mass is 373 g/mol. The van der Waals surface area contributed by atoms with Gasteiger partial charge in [0.05, 0.1) is 12.0 Å². The molecule has 0 aromatic rings. The van der Waals surface area contributed by atoms with Crippen LogP contribution in [-0.4, -0.2) is 36.4 Å². The van der Waals surface area contributed by atoms with Crippen molar-refractivity contribution in [3.8, 4) is 0 Å². The first-order valence-electron chi connectivity index (χ1n) is 11.0. The summed E-state index contributed by atoms with van der Waals surface area (Å²) in [5.74, 6) is 0.0133. The lowest BCUT2D eigenvalue weighted by atomic mass is 9.55. The number of esters is 1. The number of hydrogen-bond donors (Lipinski definition) is 2. The Morgan fingerprint density at radius 2 is 2.15 bits per heavy atom. The van der Waals surface area contributed by atoms with Gasteiger partial charge in [0.1, 0.15) is 6.10 Å². The molecule has 1 saturated carbocycles. The Morgan fingerprint density at radius 3 is 2.93 bits per heavy atom. The van der Waals surface area contributed by atoms with Crippen LogP contribution in [0.3, 0.4) is 0 Å². The molecule has 2 fully saturated rings. The average molecular weight is 374 g/mol. The van der Waals surface area contributed by atoms with E-state index in [2.05, 4.69) is 31.3 Å². The van der Waals surface area contributed by atoms with Gasteiger partial charge >= 0.3 is 5.97 Å². The van der Waals surface area contributed by atoms with Crippen molar-refractivity contribution in [2.45, 2.75) is 77.4 Å². The van der Waals surface area contributed by atoms with Gasteiger partial charge in [-0.25, -0.2) is 0 Å². The third-order valence-electron chi connectivity index (χ3n) is 7.94. The fourth-order valence-corrected chi connectivity index (χ4v) is 5.94. The molecule has 1 saturated heterocycles. The maximum atomic E-state index is 12.6. The van der Waals surface area contributed by atoms with Crippen LogP contribution in [0.25, 0.3) is 0 Å². The molecule has 2 N–H and O–H groups in total. The standard InChI is InChI=1S/C23H35NO3/c1-15-7-6-10-17-13-19-20(21(25)23(15,17)2)18(22(26)27-19)14-24-12-11-16-8-4-3-5-9-16/h8,10,15,18-21,24-25H,3-7,9,11-14H2,1-2H3/t15-,18+,19-,20-,21-,23-/m1/s1. The molecule has 1 heterocycles. The van der Waals surface area contributed by atoms with Gasteiger partial charge in [-0.1, -0.05) is 37.1 Å². The van der Waals surface area contributed by atoms with Crippen molar-refractivity contribution >= 4 is 5.97 Å². The van der Waals surface area contributed by atoms with Crippen LogP contribution >= 0.6 is 0 Å². The molecule has 3 aliphatic carbocycles. The van der Waals surface area contributed by atoms with E-state index in [4.69, 9.17) is 4.74 Å². The summed E-state index contributed by atoms with van der Waals surface area (Å²) in [5.41, 5.74) is 2.65. The predicted molar refractivity (Wildman–Crippen MR) is 106 cm³/mol. The second-order valence-electron chi connectivity index (χ2n) is 9.36. The molecule has 0 radical (unpaired) electrons. The molecule has 4 rings (SSSR count). The summed E-state index contributed by atoms with van der Waals surface area (Å²) in [5, 5.41) is 14.8. The lowest BCUT2D eigenvalue weighted by Crippen LogP contribution is -2.54. The van der Waals surface area contributed by atoms with Gasteiger partial charge in [0.2, 0.25) is 0 Å². The molecule has 1 aliphatic heterocycles. The van der Waals surface area contributed by atoms with Gasteiger partial charge in [-0.2, -0.15) is 0 Å². The van der Waals surface area contributed by atoms with Gasteiger partial charge in [-0.3, -0.25) is 4.79 Å². The van der Waals surface area contributed by atoms with Crippen LogP contribution < -0.4 is 5.32 Å². The minimum atomic E-state index is -0.503. The molecule has 0 aromatic heterocycles. The molecule has 6 atom stereocenters. The quantitative estimate of drug-likeness (QED) is 0.438. The summed E-state index contributed by atoms with van der Waals surface area (Å²) in [6, 6.07) is 0. The average Bonchev–Trinajstić information content (AvgIpc) is 2.98. The van der Waals surface area contributed by atoms with E-state index in [1.165, 1.54) is 31.3 Å². The van der Waals surface area contributed by atoms with E-state index in [-0.39, 0.29) is 29.3 Å². The highest BCUT2D eigenvalue weighted by Gasteiger charge is 2.59. The van der Waals surface area contributed by atoms with Crippen molar-refractivity contribution in [2.24, 2.45) is 23.2 Å².